The molecule has 0 aliphatic rings. The summed E-state index contributed by atoms with van der Waals surface area (Å²) in [5.74, 6) is 0.860. The van der Waals surface area contributed by atoms with Gasteiger partial charge in [-0.25, -0.2) is 0 Å². The lowest BCUT2D eigenvalue weighted by Gasteiger charge is -2.35. The van der Waals surface area contributed by atoms with Crippen LogP contribution in [0.4, 0.5) is 0 Å². The van der Waals surface area contributed by atoms with E-state index in [1.807, 2.05) is 86.3 Å². The topological polar surface area (TPSA) is 59.2 Å². The summed E-state index contributed by atoms with van der Waals surface area (Å²) in [7, 11) is 0. The van der Waals surface area contributed by atoms with Gasteiger partial charge < -0.3 is 9.32 Å². The highest BCUT2D eigenvalue weighted by Gasteiger charge is 2.27. The van der Waals surface area contributed by atoms with Gasteiger partial charge in [0.1, 0.15) is 0 Å². The normalized spacial score (nSPS) is 11.4. The van der Waals surface area contributed by atoms with Crippen LogP contribution in [0, 0.1) is 0 Å². The lowest BCUT2D eigenvalue weighted by Crippen LogP contribution is -2.45. The van der Waals surface area contributed by atoms with Crippen molar-refractivity contribution >= 4 is 17.7 Å². The second-order valence-electron chi connectivity index (χ2n) is 7.55. The molecule has 0 N–H and O–H groups in total. The maximum absolute atomic E-state index is 12.9. The highest BCUT2D eigenvalue weighted by atomic mass is 32.2. The third kappa shape index (κ3) is 5.70. The van der Waals surface area contributed by atoms with E-state index in [2.05, 4.69) is 10.2 Å². The smallest absolute Gasteiger partial charge is 0.277 e. The van der Waals surface area contributed by atoms with Crippen molar-refractivity contribution in [1.29, 1.82) is 0 Å². The van der Waals surface area contributed by atoms with E-state index in [9.17, 15) is 4.79 Å². The predicted molar refractivity (Wildman–Crippen MR) is 111 cm³/mol. The Bertz CT molecular complexity index is 889. The van der Waals surface area contributed by atoms with Crippen molar-refractivity contribution in [2.45, 2.75) is 44.5 Å². The Hall–Kier alpha value is -2.60. The van der Waals surface area contributed by atoms with Crippen LogP contribution in [0.25, 0.3) is 0 Å². The van der Waals surface area contributed by atoms with Crippen LogP contribution in [-0.4, -0.2) is 32.3 Å². The molecule has 28 heavy (non-hydrogen) atoms. The molecule has 2 aromatic carbocycles. The van der Waals surface area contributed by atoms with E-state index in [0.717, 1.165) is 11.1 Å². The summed E-state index contributed by atoms with van der Waals surface area (Å²) in [6.07, 6.45) is 0.588. The number of nitrogens with zero attached hydrogens (tertiary/aromatic N) is 3. The summed E-state index contributed by atoms with van der Waals surface area (Å²) in [5.41, 5.74) is 1.94. The molecule has 0 bridgehead atoms. The average Bonchev–Trinajstić information content (AvgIpc) is 3.12. The van der Waals surface area contributed by atoms with Crippen LogP contribution in [0.2, 0.25) is 0 Å². The van der Waals surface area contributed by atoms with Crippen molar-refractivity contribution in [1.82, 2.24) is 15.1 Å². The molecule has 1 amide bonds. The van der Waals surface area contributed by atoms with Gasteiger partial charge in [-0.15, -0.1) is 10.2 Å². The van der Waals surface area contributed by atoms with Crippen LogP contribution >= 0.6 is 11.8 Å². The van der Waals surface area contributed by atoms with E-state index in [1.165, 1.54) is 11.8 Å². The number of amides is 1. The highest BCUT2D eigenvalue weighted by molar-refractivity contribution is 7.99. The van der Waals surface area contributed by atoms with Gasteiger partial charge in [0.25, 0.3) is 5.22 Å². The number of benzene rings is 2. The average molecular weight is 396 g/mol. The maximum atomic E-state index is 12.9. The molecule has 0 radical (unpaired) electrons. The molecule has 5 nitrogen and oxygen atoms in total. The number of aromatic nitrogens is 2. The van der Waals surface area contributed by atoms with Crippen molar-refractivity contribution in [2.75, 3.05) is 5.75 Å². The Morgan fingerprint density at radius 3 is 2.18 bits per heavy atom. The van der Waals surface area contributed by atoms with Gasteiger partial charge >= 0.3 is 0 Å². The molecule has 1 aromatic heterocycles. The number of hydrogen-bond acceptors (Lipinski definition) is 5. The number of carbonyl (C=O) groups excluding carboxylic acids is 1. The predicted octanol–water partition coefficient (Wildman–Crippen LogP) is 4.58. The van der Waals surface area contributed by atoms with E-state index < -0.39 is 0 Å². The second kappa shape index (κ2) is 9.06. The lowest BCUT2D eigenvalue weighted by atomic mass is 10.0. The molecule has 0 fully saturated rings. The van der Waals surface area contributed by atoms with Gasteiger partial charge in [-0.3, -0.25) is 4.79 Å². The van der Waals surface area contributed by atoms with Crippen LogP contribution in [0.15, 0.2) is 70.3 Å². The molecule has 0 unspecified atom stereocenters. The van der Waals surface area contributed by atoms with Crippen molar-refractivity contribution < 1.29 is 9.21 Å². The summed E-state index contributed by atoms with van der Waals surface area (Å²) in [6, 6.07) is 20.0. The molecule has 0 saturated heterocycles. The van der Waals surface area contributed by atoms with E-state index in [0.29, 0.717) is 24.1 Å². The van der Waals surface area contributed by atoms with Gasteiger partial charge in [0.15, 0.2) is 0 Å². The standard InChI is InChI=1S/C22H25N3O2S/c1-22(2,3)25(15-18-12-8-5-9-13-18)20(26)16-28-21-24-23-19(27-21)14-17-10-6-4-7-11-17/h4-13H,14-16H2,1-3H3. The molecular formula is C22H25N3O2S. The Labute approximate surface area is 170 Å². The molecule has 146 valence electrons. The van der Waals surface area contributed by atoms with Crippen molar-refractivity contribution in [3.8, 4) is 0 Å². The summed E-state index contributed by atoms with van der Waals surface area (Å²) in [4.78, 5) is 14.8. The zero-order chi connectivity index (χ0) is 20.0. The molecule has 0 spiro atoms. The Kier molecular flexibility index (Phi) is 6.52. The van der Waals surface area contributed by atoms with Crippen LogP contribution in [0.5, 0.6) is 0 Å². The molecular weight excluding hydrogens is 370 g/mol. The van der Waals surface area contributed by atoms with Crippen molar-refractivity contribution in [3.05, 3.63) is 77.7 Å². The minimum Gasteiger partial charge on any atom is -0.416 e. The Morgan fingerprint density at radius 1 is 0.964 bits per heavy atom. The van der Waals surface area contributed by atoms with Gasteiger partial charge in [-0.05, 0) is 31.9 Å². The minimum absolute atomic E-state index is 0.0455. The Balaban J connectivity index is 1.60. The first-order valence-corrected chi connectivity index (χ1v) is 10.2. The van der Waals surface area contributed by atoms with Gasteiger partial charge in [0.2, 0.25) is 11.8 Å². The minimum atomic E-state index is -0.277. The quantitative estimate of drug-likeness (QED) is 0.548. The summed E-state index contributed by atoms with van der Waals surface area (Å²) in [5, 5.41) is 8.58. The van der Waals surface area contributed by atoms with E-state index in [1.54, 1.807) is 0 Å². The van der Waals surface area contributed by atoms with Crippen molar-refractivity contribution in [3.63, 3.8) is 0 Å². The first-order valence-electron chi connectivity index (χ1n) is 9.25. The van der Waals surface area contributed by atoms with Crippen molar-refractivity contribution in [2.24, 2.45) is 0 Å². The maximum Gasteiger partial charge on any atom is 0.277 e. The van der Waals surface area contributed by atoms with Crippen LogP contribution in [-0.2, 0) is 17.8 Å². The molecule has 0 atom stereocenters. The van der Waals surface area contributed by atoms with E-state index >= 15 is 0 Å². The fourth-order valence-corrected chi connectivity index (χ4v) is 3.46. The van der Waals surface area contributed by atoms with E-state index in [4.69, 9.17) is 4.42 Å². The number of rotatable bonds is 7. The van der Waals surface area contributed by atoms with Crippen LogP contribution in [0.3, 0.4) is 0 Å². The summed E-state index contributed by atoms with van der Waals surface area (Å²) in [6.45, 7) is 6.71. The first-order chi connectivity index (χ1) is 13.4. The van der Waals surface area contributed by atoms with Gasteiger partial charge in [-0.2, -0.15) is 0 Å². The fraction of sp³-hybridized carbons (Fsp3) is 0.318. The van der Waals surface area contributed by atoms with Gasteiger partial charge in [-0.1, -0.05) is 72.4 Å². The number of carbonyl (C=O) groups is 1. The van der Waals surface area contributed by atoms with Crippen LogP contribution in [0.1, 0.15) is 37.8 Å². The molecule has 6 heteroatoms. The largest absolute Gasteiger partial charge is 0.416 e. The third-order valence-electron chi connectivity index (χ3n) is 4.26. The molecule has 3 aromatic rings. The highest BCUT2D eigenvalue weighted by Crippen LogP contribution is 2.22. The number of thioether (sulfide) groups is 1. The van der Waals surface area contributed by atoms with E-state index in [-0.39, 0.29) is 17.2 Å². The fourth-order valence-electron chi connectivity index (χ4n) is 2.81. The summed E-state index contributed by atoms with van der Waals surface area (Å²) < 4.78 is 5.69. The van der Waals surface area contributed by atoms with Gasteiger partial charge in [0.05, 0.1) is 12.2 Å². The molecule has 0 saturated carbocycles. The third-order valence-corrected chi connectivity index (χ3v) is 5.06. The zero-order valence-electron chi connectivity index (χ0n) is 16.5. The first kappa shape index (κ1) is 20.1. The lowest BCUT2D eigenvalue weighted by molar-refractivity contribution is -0.133. The molecule has 3 rings (SSSR count). The Morgan fingerprint density at radius 2 is 1.57 bits per heavy atom. The second-order valence-corrected chi connectivity index (χ2v) is 8.48. The monoisotopic (exact) mass is 395 g/mol. The molecule has 1 heterocycles. The molecule has 0 aliphatic heterocycles. The summed E-state index contributed by atoms with van der Waals surface area (Å²) >= 11 is 1.28. The number of hydrogen-bond donors (Lipinski definition) is 0. The zero-order valence-corrected chi connectivity index (χ0v) is 17.3. The van der Waals surface area contributed by atoms with Gasteiger partial charge in [0, 0.05) is 12.1 Å². The SMILES string of the molecule is CC(C)(C)N(Cc1ccccc1)C(=O)CSc1nnc(Cc2ccccc2)o1. The molecule has 0 aliphatic carbocycles. The van der Waals surface area contributed by atoms with Crippen LogP contribution < -0.4 is 0 Å².